The van der Waals surface area contributed by atoms with Gasteiger partial charge in [0.15, 0.2) is 0 Å². The highest BCUT2D eigenvalue weighted by Crippen LogP contribution is 2.11. The van der Waals surface area contributed by atoms with Gasteiger partial charge >= 0.3 is 5.97 Å². The number of rotatable bonds is 6. The number of ether oxygens (including phenoxy) is 1. The van der Waals surface area contributed by atoms with Crippen molar-refractivity contribution >= 4 is 23.6 Å². The Morgan fingerprint density at radius 3 is 2.60 bits per heavy atom. The van der Waals surface area contributed by atoms with Crippen molar-refractivity contribution in [3.05, 3.63) is 0 Å². The molecular weight excluding hydrogens is 216 g/mol. The van der Waals surface area contributed by atoms with Crippen molar-refractivity contribution in [3.63, 3.8) is 0 Å². The van der Waals surface area contributed by atoms with E-state index in [2.05, 4.69) is 5.32 Å². The number of hydrogen-bond acceptors (Lipinski definition) is 5. The average molecular weight is 234 g/mol. The molecule has 0 fully saturated rings. The van der Waals surface area contributed by atoms with Crippen LogP contribution in [0.5, 0.6) is 0 Å². The molecule has 1 amide bonds. The van der Waals surface area contributed by atoms with Crippen LogP contribution in [0.4, 0.5) is 0 Å². The number of amides is 1. The first-order valence-corrected chi connectivity index (χ1v) is 5.83. The third kappa shape index (κ3) is 5.64. The van der Waals surface area contributed by atoms with Gasteiger partial charge in [-0.2, -0.15) is 0 Å². The summed E-state index contributed by atoms with van der Waals surface area (Å²) in [4.78, 5) is 22.3. The highest BCUT2D eigenvalue weighted by atomic mass is 32.2. The van der Waals surface area contributed by atoms with E-state index < -0.39 is 12.0 Å². The number of nitrogens with two attached hydrogens (primary N) is 1. The third-order valence-electron chi connectivity index (χ3n) is 1.73. The number of esters is 1. The topological polar surface area (TPSA) is 81.4 Å². The largest absolute Gasteiger partial charge is 0.465 e. The molecule has 0 radical (unpaired) electrons. The van der Waals surface area contributed by atoms with E-state index >= 15 is 0 Å². The van der Waals surface area contributed by atoms with Crippen LogP contribution in [0.25, 0.3) is 0 Å². The summed E-state index contributed by atoms with van der Waals surface area (Å²) in [5, 5.41) is 2.31. The van der Waals surface area contributed by atoms with Gasteiger partial charge in [0, 0.05) is 12.8 Å². The molecule has 0 spiro atoms. The minimum atomic E-state index is -0.665. The molecule has 6 heteroatoms. The van der Waals surface area contributed by atoms with E-state index in [1.165, 1.54) is 11.8 Å². The number of carbonyl (C=O) groups is 2. The maximum atomic E-state index is 11.1. The second kappa shape index (κ2) is 7.53. The number of hydrogen-bond donors (Lipinski definition) is 2. The van der Waals surface area contributed by atoms with Crippen LogP contribution in [0.2, 0.25) is 0 Å². The summed E-state index contributed by atoms with van der Waals surface area (Å²) >= 11 is 1.33. The predicted molar refractivity (Wildman–Crippen MR) is 60.6 cm³/mol. The first-order chi connectivity index (χ1) is 7.02. The van der Waals surface area contributed by atoms with Gasteiger partial charge in [0.1, 0.15) is 6.04 Å². The maximum absolute atomic E-state index is 11.1. The van der Waals surface area contributed by atoms with Crippen molar-refractivity contribution in [1.82, 2.24) is 5.32 Å². The Morgan fingerprint density at radius 2 is 2.13 bits per heavy atom. The number of thioether (sulfide) groups is 1. The monoisotopic (exact) mass is 234 g/mol. The normalized spacial score (nSPS) is 14.1. The van der Waals surface area contributed by atoms with E-state index in [1.54, 1.807) is 20.9 Å². The lowest BCUT2D eigenvalue weighted by Crippen LogP contribution is -2.36. The second-order valence-corrected chi connectivity index (χ2v) is 4.32. The van der Waals surface area contributed by atoms with Crippen LogP contribution >= 0.6 is 11.8 Å². The molecule has 2 atom stereocenters. The molecule has 15 heavy (non-hydrogen) atoms. The Bertz CT molecular complexity index is 223. The fourth-order valence-electron chi connectivity index (χ4n) is 0.844. The molecule has 3 N–H and O–H groups in total. The van der Waals surface area contributed by atoms with Crippen molar-refractivity contribution in [2.45, 2.75) is 25.1 Å². The molecule has 0 heterocycles. The number of nitrogens with one attached hydrogen (secondary N) is 1. The molecule has 0 aliphatic heterocycles. The molecule has 0 rings (SSSR count). The number of carbonyl (C=O) groups excluding carboxylic acids is 2. The molecule has 0 aromatic carbocycles. The lowest BCUT2D eigenvalue weighted by molar-refractivity contribution is -0.144. The van der Waals surface area contributed by atoms with Crippen LogP contribution in [0.3, 0.4) is 0 Å². The summed E-state index contributed by atoms with van der Waals surface area (Å²) in [6, 6.07) is -0.665. The Kier molecular flexibility index (Phi) is 7.15. The molecule has 0 aliphatic rings. The summed E-state index contributed by atoms with van der Waals surface area (Å²) < 4.78 is 4.74. The van der Waals surface area contributed by atoms with E-state index in [-0.39, 0.29) is 11.2 Å². The molecule has 0 saturated heterocycles. The Labute approximate surface area is 94.1 Å². The van der Waals surface area contributed by atoms with Gasteiger partial charge in [-0.1, -0.05) is 0 Å². The van der Waals surface area contributed by atoms with Crippen molar-refractivity contribution in [1.29, 1.82) is 0 Å². The van der Waals surface area contributed by atoms with Crippen molar-refractivity contribution in [3.8, 4) is 0 Å². The molecule has 0 saturated carbocycles. The van der Waals surface area contributed by atoms with Crippen molar-refractivity contribution in [2.24, 2.45) is 5.73 Å². The van der Waals surface area contributed by atoms with Gasteiger partial charge in [0.2, 0.25) is 5.91 Å². The van der Waals surface area contributed by atoms with Crippen LogP contribution in [-0.4, -0.2) is 42.6 Å². The fourth-order valence-corrected chi connectivity index (χ4v) is 1.75. The Hall–Kier alpha value is -0.750. The molecule has 88 valence electrons. The van der Waals surface area contributed by atoms with E-state index in [0.29, 0.717) is 12.4 Å². The summed E-state index contributed by atoms with van der Waals surface area (Å²) in [6.45, 7) is 3.81. The minimum absolute atomic E-state index is 0.0731. The van der Waals surface area contributed by atoms with Crippen LogP contribution in [0.1, 0.15) is 13.8 Å². The highest BCUT2D eigenvalue weighted by molar-refractivity contribution is 8.00. The van der Waals surface area contributed by atoms with Gasteiger partial charge in [0.25, 0.3) is 0 Å². The molecule has 2 unspecified atom stereocenters. The molecule has 5 nitrogen and oxygen atoms in total. The molecule has 0 aromatic rings. The molecular formula is C9H18N2O3S. The van der Waals surface area contributed by atoms with E-state index in [0.717, 1.165) is 0 Å². The summed E-state index contributed by atoms with van der Waals surface area (Å²) in [6.07, 6.45) is 0. The van der Waals surface area contributed by atoms with Gasteiger partial charge < -0.3 is 15.8 Å². The van der Waals surface area contributed by atoms with Crippen LogP contribution in [-0.2, 0) is 14.3 Å². The highest BCUT2D eigenvalue weighted by Gasteiger charge is 2.18. The fraction of sp³-hybridized carbons (Fsp3) is 0.778. The smallest absolute Gasteiger partial charge is 0.323 e. The second-order valence-electron chi connectivity index (χ2n) is 2.95. The van der Waals surface area contributed by atoms with Crippen molar-refractivity contribution < 1.29 is 14.3 Å². The van der Waals surface area contributed by atoms with Crippen molar-refractivity contribution in [2.75, 3.05) is 19.4 Å². The first-order valence-electron chi connectivity index (χ1n) is 4.78. The van der Waals surface area contributed by atoms with Gasteiger partial charge in [-0.3, -0.25) is 9.59 Å². The average Bonchev–Trinajstić information content (AvgIpc) is 2.24. The SMILES string of the molecule is CCOC(=O)C(N)CSC(C)C(=O)NC. The third-order valence-corrected chi connectivity index (χ3v) is 3.00. The quantitative estimate of drug-likeness (QED) is 0.619. The minimum Gasteiger partial charge on any atom is -0.465 e. The van der Waals surface area contributed by atoms with E-state index in [1.807, 2.05) is 0 Å². The molecule has 0 aliphatic carbocycles. The van der Waals surface area contributed by atoms with Gasteiger partial charge in [-0.15, -0.1) is 11.8 Å². The standard InChI is InChI=1S/C9H18N2O3S/c1-4-14-9(13)7(10)5-15-6(2)8(12)11-3/h6-7H,4-5,10H2,1-3H3,(H,11,12). The van der Waals surface area contributed by atoms with Gasteiger partial charge in [-0.05, 0) is 13.8 Å². The first kappa shape index (κ1) is 14.2. The van der Waals surface area contributed by atoms with E-state index in [4.69, 9.17) is 10.5 Å². The van der Waals surface area contributed by atoms with E-state index in [9.17, 15) is 9.59 Å². The lowest BCUT2D eigenvalue weighted by atomic mass is 10.4. The Balaban J connectivity index is 3.84. The summed E-state index contributed by atoms with van der Waals surface area (Å²) in [5.74, 6) is -0.113. The Morgan fingerprint density at radius 1 is 1.53 bits per heavy atom. The predicted octanol–water partition coefficient (Wildman–Crippen LogP) is -0.255. The summed E-state index contributed by atoms with van der Waals surface area (Å²) in [7, 11) is 1.57. The lowest BCUT2D eigenvalue weighted by Gasteiger charge is -2.13. The zero-order valence-corrected chi connectivity index (χ0v) is 10.1. The molecule has 0 bridgehead atoms. The maximum Gasteiger partial charge on any atom is 0.323 e. The van der Waals surface area contributed by atoms with Gasteiger partial charge in [0.05, 0.1) is 11.9 Å². The molecule has 0 aromatic heterocycles. The van der Waals surface area contributed by atoms with Gasteiger partial charge in [-0.25, -0.2) is 0 Å². The van der Waals surface area contributed by atoms with Crippen LogP contribution in [0.15, 0.2) is 0 Å². The zero-order valence-electron chi connectivity index (χ0n) is 9.28. The summed E-state index contributed by atoms with van der Waals surface area (Å²) in [5.41, 5.74) is 5.57. The zero-order chi connectivity index (χ0) is 11.8. The van der Waals surface area contributed by atoms with Crippen LogP contribution in [0, 0.1) is 0 Å². The van der Waals surface area contributed by atoms with Crippen LogP contribution < -0.4 is 11.1 Å².